The van der Waals surface area contributed by atoms with Crippen LogP contribution in [0, 0.1) is 5.82 Å². The van der Waals surface area contributed by atoms with Gasteiger partial charge in [-0.2, -0.15) is 0 Å². The predicted octanol–water partition coefficient (Wildman–Crippen LogP) is 2.76. The Kier molecular flexibility index (Phi) is 5.49. The predicted molar refractivity (Wildman–Crippen MR) is 67.5 cm³/mol. The van der Waals surface area contributed by atoms with E-state index in [1.165, 1.54) is 6.07 Å². The number of benzene rings is 1. The van der Waals surface area contributed by atoms with Crippen molar-refractivity contribution >= 4 is 11.8 Å². The molecule has 2 rings (SSSR count). The standard InChI is InChI=1S/C9H11F.C5H7NO2/c1-7(2)8-4-3-5-9(10)6-8;7-4-2-1-3-5(8)6-4/h3-7H,1-2H3;1-3H2,(H,6,7,8). The number of hydrogen-bond donors (Lipinski definition) is 1. The lowest BCUT2D eigenvalue weighted by molar-refractivity contribution is -0.132. The second-order valence-electron chi connectivity index (χ2n) is 4.53. The molecule has 1 saturated heterocycles. The van der Waals surface area contributed by atoms with Crippen molar-refractivity contribution in [2.24, 2.45) is 0 Å². The highest BCUT2D eigenvalue weighted by Crippen LogP contribution is 2.14. The third-order valence-corrected chi connectivity index (χ3v) is 2.60. The summed E-state index contributed by atoms with van der Waals surface area (Å²) in [4.78, 5) is 20.7. The van der Waals surface area contributed by atoms with Crippen molar-refractivity contribution in [2.45, 2.75) is 39.0 Å². The number of imide groups is 1. The van der Waals surface area contributed by atoms with E-state index in [1.54, 1.807) is 12.1 Å². The van der Waals surface area contributed by atoms with Gasteiger partial charge in [0.15, 0.2) is 0 Å². The molecule has 1 aliphatic rings. The number of amides is 2. The third kappa shape index (κ3) is 5.08. The van der Waals surface area contributed by atoms with Crippen LogP contribution in [0.2, 0.25) is 0 Å². The van der Waals surface area contributed by atoms with E-state index >= 15 is 0 Å². The summed E-state index contributed by atoms with van der Waals surface area (Å²) in [5, 5.41) is 2.20. The Bertz CT molecular complexity index is 416. The topological polar surface area (TPSA) is 46.2 Å². The van der Waals surface area contributed by atoms with Crippen molar-refractivity contribution < 1.29 is 14.0 Å². The Labute approximate surface area is 106 Å². The van der Waals surface area contributed by atoms with Crippen molar-refractivity contribution in [3.8, 4) is 0 Å². The fourth-order valence-electron chi connectivity index (χ4n) is 1.56. The van der Waals surface area contributed by atoms with Gasteiger partial charge in [-0.25, -0.2) is 4.39 Å². The van der Waals surface area contributed by atoms with Gasteiger partial charge in [0.1, 0.15) is 5.82 Å². The molecule has 0 radical (unpaired) electrons. The van der Waals surface area contributed by atoms with Gasteiger partial charge < -0.3 is 0 Å². The van der Waals surface area contributed by atoms with Crippen molar-refractivity contribution in [1.29, 1.82) is 0 Å². The lowest BCUT2D eigenvalue weighted by atomic mass is 10.0. The number of piperidine rings is 1. The van der Waals surface area contributed by atoms with Crippen molar-refractivity contribution in [3.63, 3.8) is 0 Å². The molecule has 1 aromatic rings. The van der Waals surface area contributed by atoms with Crippen LogP contribution in [0.4, 0.5) is 4.39 Å². The molecular formula is C14H18FNO2. The summed E-state index contributed by atoms with van der Waals surface area (Å²) in [5.41, 5.74) is 1.06. The van der Waals surface area contributed by atoms with Crippen LogP contribution in [0.1, 0.15) is 44.6 Å². The summed E-state index contributed by atoms with van der Waals surface area (Å²) in [6, 6.07) is 6.72. The van der Waals surface area contributed by atoms with E-state index in [2.05, 4.69) is 19.2 Å². The number of carbonyl (C=O) groups excluding carboxylic acids is 2. The molecule has 2 amide bonds. The fourth-order valence-corrected chi connectivity index (χ4v) is 1.56. The molecule has 0 unspecified atom stereocenters. The van der Waals surface area contributed by atoms with Crippen LogP contribution in [-0.4, -0.2) is 11.8 Å². The smallest absolute Gasteiger partial charge is 0.226 e. The molecule has 1 heterocycles. The zero-order valence-corrected chi connectivity index (χ0v) is 10.7. The van der Waals surface area contributed by atoms with Gasteiger partial charge in [0, 0.05) is 12.8 Å². The number of carbonyl (C=O) groups is 2. The molecule has 0 aliphatic carbocycles. The Hall–Kier alpha value is -1.71. The molecule has 18 heavy (non-hydrogen) atoms. The first-order valence-corrected chi connectivity index (χ1v) is 6.07. The fraction of sp³-hybridized carbons (Fsp3) is 0.429. The monoisotopic (exact) mass is 251 g/mol. The average Bonchev–Trinajstić information content (AvgIpc) is 2.29. The molecule has 1 fully saturated rings. The molecule has 1 aromatic carbocycles. The van der Waals surface area contributed by atoms with Crippen LogP contribution in [0.5, 0.6) is 0 Å². The molecule has 98 valence electrons. The third-order valence-electron chi connectivity index (χ3n) is 2.60. The van der Waals surface area contributed by atoms with Gasteiger partial charge in [0.2, 0.25) is 11.8 Å². The first-order valence-electron chi connectivity index (χ1n) is 6.07. The molecular weight excluding hydrogens is 233 g/mol. The van der Waals surface area contributed by atoms with Crippen LogP contribution in [-0.2, 0) is 9.59 Å². The summed E-state index contributed by atoms with van der Waals surface area (Å²) in [5.74, 6) is -0.00981. The number of hydrogen-bond acceptors (Lipinski definition) is 2. The van der Waals surface area contributed by atoms with E-state index in [0.29, 0.717) is 25.2 Å². The molecule has 3 nitrogen and oxygen atoms in total. The largest absolute Gasteiger partial charge is 0.296 e. The zero-order chi connectivity index (χ0) is 13.5. The minimum Gasteiger partial charge on any atom is -0.296 e. The maximum Gasteiger partial charge on any atom is 0.226 e. The van der Waals surface area contributed by atoms with E-state index in [0.717, 1.165) is 5.56 Å². The molecule has 0 aromatic heterocycles. The highest BCUT2D eigenvalue weighted by atomic mass is 19.1. The second-order valence-corrected chi connectivity index (χ2v) is 4.53. The van der Waals surface area contributed by atoms with E-state index in [-0.39, 0.29) is 17.6 Å². The van der Waals surface area contributed by atoms with Crippen LogP contribution >= 0.6 is 0 Å². The lowest BCUT2D eigenvalue weighted by Crippen LogP contribution is -2.33. The van der Waals surface area contributed by atoms with Crippen LogP contribution in [0.15, 0.2) is 24.3 Å². The van der Waals surface area contributed by atoms with E-state index in [1.807, 2.05) is 6.07 Å². The molecule has 1 N–H and O–H groups in total. The van der Waals surface area contributed by atoms with Gasteiger partial charge >= 0.3 is 0 Å². The Morgan fingerprint density at radius 3 is 2.11 bits per heavy atom. The highest BCUT2D eigenvalue weighted by molar-refractivity contribution is 5.97. The minimum atomic E-state index is -0.147. The van der Waals surface area contributed by atoms with E-state index in [9.17, 15) is 14.0 Å². The van der Waals surface area contributed by atoms with Crippen molar-refractivity contribution in [2.75, 3.05) is 0 Å². The van der Waals surface area contributed by atoms with Crippen molar-refractivity contribution in [3.05, 3.63) is 35.6 Å². The second kappa shape index (κ2) is 6.89. The Morgan fingerprint density at radius 2 is 1.78 bits per heavy atom. The maximum atomic E-state index is 12.5. The quantitative estimate of drug-likeness (QED) is 0.780. The Morgan fingerprint density at radius 1 is 1.17 bits per heavy atom. The van der Waals surface area contributed by atoms with Gasteiger partial charge in [0.25, 0.3) is 0 Å². The number of nitrogens with one attached hydrogen (secondary N) is 1. The van der Waals surface area contributed by atoms with Crippen molar-refractivity contribution in [1.82, 2.24) is 5.32 Å². The van der Waals surface area contributed by atoms with Gasteiger partial charge in [-0.15, -0.1) is 0 Å². The lowest BCUT2D eigenvalue weighted by Gasteiger charge is -2.07. The molecule has 1 aliphatic heterocycles. The molecule has 0 spiro atoms. The van der Waals surface area contributed by atoms with E-state index < -0.39 is 0 Å². The molecule has 4 heteroatoms. The minimum absolute atomic E-state index is 0.138. The maximum absolute atomic E-state index is 12.5. The summed E-state index contributed by atoms with van der Waals surface area (Å²) in [7, 11) is 0. The first kappa shape index (κ1) is 14.4. The summed E-state index contributed by atoms with van der Waals surface area (Å²) in [6.45, 7) is 4.10. The number of halogens is 1. The average molecular weight is 251 g/mol. The van der Waals surface area contributed by atoms with Crippen LogP contribution < -0.4 is 5.32 Å². The SMILES string of the molecule is CC(C)c1cccc(F)c1.O=C1CCCC(=O)N1. The number of rotatable bonds is 1. The highest BCUT2D eigenvalue weighted by Gasteiger charge is 2.12. The molecule has 0 atom stereocenters. The van der Waals surface area contributed by atoms with Crippen LogP contribution in [0.25, 0.3) is 0 Å². The Balaban J connectivity index is 0.000000184. The zero-order valence-electron chi connectivity index (χ0n) is 10.7. The normalized spacial score (nSPS) is 14.9. The van der Waals surface area contributed by atoms with Gasteiger partial charge in [-0.1, -0.05) is 26.0 Å². The summed E-state index contributed by atoms with van der Waals surface area (Å²) >= 11 is 0. The first-order chi connectivity index (χ1) is 8.49. The van der Waals surface area contributed by atoms with Crippen LogP contribution in [0.3, 0.4) is 0 Å². The van der Waals surface area contributed by atoms with Gasteiger partial charge in [-0.3, -0.25) is 14.9 Å². The summed E-state index contributed by atoms with van der Waals surface area (Å²) in [6.07, 6.45) is 1.72. The van der Waals surface area contributed by atoms with Gasteiger partial charge in [0.05, 0.1) is 0 Å². The molecule has 0 bridgehead atoms. The van der Waals surface area contributed by atoms with E-state index in [4.69, 9.17) is 0 Å². The van der Waals surface area contributed by atoms with Gasteiger partial charge in [-0.05, 0) is 30.0 Å². The molecule has 0 saturated carbocycles. The summed E-state index contributed by atoms with van der Waals surface area (Å²) < 4.78 is 12.5.